The van der Waals surface area contributed by atoms with Gasteiger partial charge in [0.25, 0.3) is 0 Å². The standard InChI is InChI=1S/C10H9NO4S/c1-2-14-9(12)8-7(11-10(13)16-8)6-4-3-5-15-6/h3-5H,2H2,1H3,(H,11,13). The van der Waals surface area contributed by atoms with E-state index in [1.807, 2.05) is 0 Å². The number of aromatic amines is 1. The summed E-state index contributed by atoms with van der Waals surface area (Å²) < 4.78 is 9.98. The lowest BCUT2D eigenvalue weighted by Gasteiger charge is -1.99. The molecule has 0 saturated carbocycles. The molecule has 2 heterocycles. The van der Waals surface area contributed by atoms with Crippen molar-refractivity contribution in [3.8, 4) is 11.5 Å². The highest BCUT2D eigenvalue weighted by molar-refractivity contribution is 7.11. The van der Waals surface area contributed by atoms with E-state index in [9.17, 15) is 9.59 Å². The molecule has 0 atom stereocenters. The molecule has 0 spiro atoms. The van der Waals surface area contributed by atoms with Crippen LogP contribution in [-0.4, -0.2) is 17.6 Å². The zero-order valence-electron chi connectivity index (χ0n) is 8.48. The largest absolute Gasteiger partial charge is 0.463 e. The minimum Gasteiger partial charge on any atom is -0.463 e. The molecule has 2 aromatic rings. The summed E-state index contributed by atoms with van der Waals surface area (Å²) >= 11 is 0.815. The molecule has 2 aromatic heterocycles. The lowest BCUT2D eigenvalue weighted by Crippen LogP contribution is -2.03. The third kappa shape index (κ3) is 1.92. The Kier molecular flexibility index (Phi) is 2.91. The van der Waals surface area contributed by atoms with Crippen LogP contribution < -0.4 is 4.87 Å². The van der Waals surface area contributed by atoms with E-state index in [4.69, 9.17) is 9.15 Å². The SMILES string of the molecule is CCOC(=O)c1sc(=O)[nH]c1-c1ccco1. The summed E-state index contributed by atoms with van der Waals surface area (Å²) in [6.45, 7) is 1.97. The number of carbonyl (C=O) groups excluding carboxylic acids is 1. The Balaban J connectivity index is 2.46. The summed E-state index contributed by atoms with van der Waals surface area (Å²) in [5, 5.41) is 0. The van der Waals surface area contributed by atoms with Crippen molar-refractivity contribution < 1.29 is 13.9 Å². The molecule has 16 heavy (non-hydrogen) atoms. The fourth-order valence-electron chi connectivity index (χ4n) is 1.26. The number of furan rings is 1. The molecular weight excluding hydrogens is 230 g/mol. The second-order valence-corrected chi connectivity index (χ2v) is 3.90. The van der Waals surface area contributed by atoms with Gasteiger partial charge in [0.05, 0.1) is 12.9 Å². The molecule has 0 amide bonds. The third-order valence-electron chi connectivity index (χ3n) is 1.88. The Hall–Kier alpha value is -1.82. The Morgan fingerprint density at radius 1 is 1.62 bits per heavy atom. The van der Waals surface area contributed by atoms with Crippen molar-refractivity contribution in [3.63, 3.8) is 0 Å². The maximum Gasteiger partial charge on any atom is 0.350 e. The number of nitrogens with one attached hydrogen (secondary N) is 1. The average Bonchev–Trinajstić information content (AvgIpc) is 2.85. The minimum atomic E-state index is -0.516. The van der Waals surface area contributed by atoms with Gasteiger partial charge in [0.15, 0.2) is 5.76 Å². The van der Waals surface area contributed by atoms with Crippen LogP contribution in [-0.2, 0) is 4.74 Å². The van der Waals surface area contributed by atoms with Gasteiger partial charge >= 0.3 is 10.8 Å². The maximum atomic E-state index is 11.6. The molecule has 5 nitrogen and oxygen atoms in total. The molecule has 1 N–H and O–H groups in total. The second-order valence-electron chi connectivity index (χ2n) is 2.92. The number of ether oxygens (including phenoxy) is 1. The normalized spacial score (nSPS) is 10.3. The van der Waals surface area contributed by atoms with Gasteiger partial charge in [-0.2, -0.15) is 0 Å². The van der Waals surface area contributed by atoms with Crippen molar-refractivity contribution in [1.82, 2.24) is 4.98 Å². The quantitative estimate of drug-likeness (QED) is 0.830. The summed E-state index contributed by atoms with van der Waals surface area (Å²) in [5.74, 6) is -0.0707. The van der Waals surface area contributed by atoms with Crippen LogP contribution in [0.4, 0.5) is 0 Å². The zero-order valence-corrected chi connectivity index (χ0v) is 9.30. The minimum absolute atomic E-state index is 0.238. The highest BCUT2D eigenvalue weighted by Crippen LogP contribution is 2.24. The van der Waals surface area contributed by atoms with E-state index in [1.54, 1.807) is 19.1 Å². The van der Waals surface area contributed by atoms with Gasteiger partial charge in [0, 0.05) is 0 Å². The van der Waals surface area contributed by atoms with Crippen molar-refractivity contribution in [2.24, 2.45) is 0 Å². The van der Waals surface area contributed by atoms with Crippen LogP contribution in [0.15, 0.2) is 27.6 Å². The molecule has 0 bridgehead atoms. The molecular formula is C10H9NO4S. The van der Waals surface area contributed by atoms with E-state index >= 15 is 0 Å². The van der Waals surface area contributed by atoms with Crippen LogP contribution in [0.2, 0.25) is 0 Å². The average molecular weight is 239 g/mol. The second kappa shape index (κ2) is 4.36. The van der Waals surface area contributed by atoms with E-state index in [0.717, 1.165) is 11.3 Å². The molecule has 0 aliphatic carbocycles. The zero-order chi connectivity index (χ0) is 11.5. The predicted octanol–water partition coefficient (Wildman–Crippen LogP) is 1.87. The predicted molar refractivity (Wildman–Crippen MR) is 58.6 cm³/mol. The number of thiazole rings is 1. The van der Waals surface area contributed by atoms with Crippen LogP contribution in [0.25, 0.3) is 11.5 Å². The first kappa shape index (κ1) is 10.7. The van der Waals surface area contributed by atoms with Gasteiger partial charge in [-0.25, -0.2) is 4.79 Å². The summed E-state index contributed by atoms with van der Waals surface area (Å²) in [4.78, 5) is 25.3. The lowest BCUT2D eigenvalue weighted by atomic mass is 10.3. The fraction of sp³-hybridized carbons (Fsp3) is 0.200. The van der Waals surface area contributed by atoms with E-state index in [0.29, 0.717) is 11.5 Å². The van der Waals surface area contributed by atoms with Gasteiger partial charge in [-0.3, -0.25) is 4.79 Å². The first-order valence-electron chi connectivity index (χ1n) is 4.66. The molecule has 6 heteroatoms. The van der Waals surface area contributed by atoms with Crippen molar-refractivity contribution in [2.45, 2.75) is 6.92 Å². The van der Waals surface area contributed by atoms with Crippen molar-refractivity contribution >= 4 is 17.3 Å². The lowest BCUT2D eigenvalue weighted by molar-refractivity contribution is 0.0532. The van der Waals surface area contributed by atoms with Crippen LogP contribution in [0.1, 0.15) is 16.6 Å². The fourth-order valence-corrected chi connectivity index (χ4v) is 2.00. The van der Waals surface area contributed by atoms with Crippen LogP contribution in [0.3, 0.4) is 0 Å². The first-order valence-corrected chi connectivity index (χ1v) is 5.48. The monoisotopic (exact) mass is 239 g/mol. The van der Waals surface area contributed by atoms with E-state index in [2.05, 4.69) is 4.98 Å². The number of rotatable bonds is 3. The highest BCUT2D eigenvalue weighted by Gasteiger charge is 2.19. The molecule has 0 radical (unpaired) electrons. The van der Waals surface area contributed by atoms with Crippen molar-refractivity contribution in [1.29, 1.82) is 0 Å². The number of carbonyl (C=O) groups is 1. The molecule has 0 fully saturated rings. The molecule has 0 aromatic carbocycles. The summed E-state index contributed by atoms with van der Waals surface area (Å²) in [5.41, 5.74) is 0.374. The van der Waals surface area contributed by atoms with Crippen LogP contribution in [0.5, 0.6) is 0 Å². The number of hydrogen-bond acceptors (Lipinski definition) is 5. The summed E-state index contributed by atoms with van der Waals surface area (Å²) in [7, 11) is 0. The van der Waals surface area contributed by atoms with Gasteiger partial charge in [0.1, 0.15) is 10.6 Å². The summed E-state index contributed by atoms with van der Waals surface area (Å²) in [6, 6.07) is 3.35. The van der Waals surface area contributed by atoms with Crippen LogP contribution in [0, 0.1) is 0 Å². The van der Waals surface area contributed by atoms with Crippen LogP contribution >= 0.6 is 11.3 Å². The van der Waals surface area contributed by atoms with Gasteiger partial charge < -0.3 is 14.1 Å². The van der Waals surface area contributed by atoms with Gasteiger partial charge in [0.2, 0.25) is 0 Å². The van der Waals surface area contributed by atoms with Gasteiger partial charge in [-0.05, 0) is 19.1 Å². The Labute approximate surface area is 94.7 Å². The van der Waals surface area contributed by atoms with Gasteiger partial charge in [-0.1, -0.05) is 11.3 Å². The number of H-pyrrole nitrogens is 1. The molecule has 0 unspecified atom stereocenters. The molecule has 84 valence electrons. The van der Waals surface area contributed by atoms with E-state index in [-0.39, 0.29) is 16.4 Å². The number of hydrogen-bond donors (Lipinski definition) is 1. The molecule has 2 rings (SSSR count). The smallest absolute Gasteiger partial charge is 0.350 e. The first-order chi connectivity index (χ1) is 7.72. The molecule has 0 aliphatic rings. The third-order valence-corrected chi connectivity index (χ3v) is 2.74. The van der Waals surface area contributed by atoms with E-state index < -0.39 is 5.97 Å². The Morgan fingerprint density at radius 2 is 2.44 bits per heavy atom. The van der Waals surface area contributed by atoms with Crippen molar-refractivity contribution in [2.75, 3.05) is 6.61 Å². The topological polar surface area (TPSA) is 72.3 Å². The molecule has 0 saturated heterocycles. The van der Waals surface area contributed by atoms with Gasteiger partial charge in [-0.15, -0.1) is 0 Å². The maximum absolute atomic E-state index is 11.6. The Bertz CT molecular complexity index is 537. The number of esters is 1. The number of aromatic nitrogens is 1. The van der Waals surface area contributed by atoms with Crippen molar-refractivity contribution in [3.05, 3.63) is 32.9 Å². The van der Waals surface area contributed by atoms with E-state index in [1.165, 1.54) is 6.26 Å². The highest BCUT2D eigenvalue weighted by atomic mass is 32.1. The Morgan fingerprint density at radius 3 is 3.06 bits per heavy atom. The summed E-state index contributed by atoms with van der Waals surface area (Å²) in [6.07, 6.45) is 1.47. The molecule has 0 aliphatic heterocycles.